The van der Waals surface area contributed by atoms with Crippen LogP contribution in [-0.4, -0.2) is 30.1 Å². The minimum atomic E-state index is -0.414. The van der Waals surface area contributed by atoms with Gasteiger partial charge in [-0.1, -0.05) is 0 Å². The van der Waals surface area contributed by atoms with Crippen molar-refractivity contribution in [1.82, 2.24) is 9.97 Å². The molecule has 3 aromatic rings. The Morgan fingerprint density at radius 1 is 0.926 bits per heavy atom. The van der Waals surface area contributed by atoms with Crippen LogP contribution in [0.15, 0.2) is 54.9 Å². The highest BCUT2D eigenvalue weighted by Gasteiger charge is 2.11. The van der Waals surface area contributed by atoms with E-state index in [1.165, 1.54) is 38.7 Å². The van der Waals surface area contributed by atoms with Crippen molar-refractivity contribution in [3.05, 3.63) is 66.4 Å². The summed E-state index contributed by atoms with van der Waals surface area (Å²) in [6, 6.07) is 10.9. The van der Waals surface area contributed by atoms with Crippen LogP contribution in [0.1, 0.15) is 10.5 Å². The summed E-state index contributed by atoms with van der Waals surface area (Å²) in [4.78, 5) is 20.6. The molecule has 27 heavy (non-hydrogen) atoms. The van der Waals surface area contributed by atoms with Gasteiger partial charge in [-0.3, -0.25) is 4.79 Å². The van der Waals surface area contributed by atoms with Crippen molar-refractivity contribution in [3.8, 4) is 11.5 Å². The summed E-state index contributed by atoms with van der Waals surface area (Å²) in [5, 5.41) is 5.69. The first-order valence-corrected chi connectivity index (χ1v) is 7.97. The smallest absolute Gasteiger partial charge is 0.275 e. The molecular weight excluding hydrogens is 351 g/mol. The molecule has 7 nitrogen and oxygen atoms in total. The summed E-state index contributed by atoms with van der Waals surface area (Å²) in [6.45, 7) is 0. The largest absolute Gasteiger partial charge is 0.493 e. The lowest BCUT2D eigenvalue weighted by Crippen LogP contribution is -2.14. The Balaban J connectivity index is 1.67. The van der Waals surface area contributed by atoms with Crippen molar-refractivity contribution >= 4 is 23.1 Å². The number of rotatable bonds is 6. The Bertz CT molecular complexity index is 931. The number of methoxy groups -OCH3 is 2. The van der Waals surface area contributed by atoms with Crippen LogP contribution in [0.4, 0.5) is 21.6 Å². The quantitative estimate of drug-likeness (QED) is 0.691. The van der Waals surface area contributed by atoms with Crippen LogP contribution in [0.25, 0.3) is 0 Å². The summed E-state index contributed by atoms with van der Waals surface area (Å²) in [7, 11) is 3.05. The van der Waals surface area contributed by atoms with Crippen LogP contribution in [0.3, 0.4) is 0 Å². The molecule has 0 aliphatic heterocycles. The van der Waals surface area contributed by atoms with Crippen molar-refractivity contribution in [3.63, 3.8) is 0 Å². The van der Waals surface area contributed by atoms with E-state index in [0.717, 1.165) is 0 Å². The van der Waals surface area contributed by atoms with Crippen molar-refractivity contribution in [2.75, 3.05) is 24.9 Å². The Labute approximate surface area is 155 Å². The van der Waals surface area contributed by atoms with E-state index in [1.807, 2.05) is 0 Å². The lowest BCUT2D eigenvalue weighted by Gasteiger charge is -2.10. The number of anilines is 3. The van der Waals surface area contributed by atoms with Gasteiger partial charge in [0.15, 0.2) is 11.5 Å². The number of ether oxygens (including phenoxy) is 2. The van der Waals surface area contributed by atoms with Crippen molar-refractivity contribution in [2.45, 2.75) is 0 Å². The zero-order valence-corrected chi connectivity index (χ0v) is 14.7. The fraction of sp³-hybridized carbons (Fsp3) is 0.105. The van der Waals surface area contributed by atoms with Gasteiger partial charge in [0.2, 0.25) is 0 Å². The fourth-order valence-corrected chi connectivity index (χ4v) is 2.30. The zero-order valence-electron chi connectivity index (χ0n) is 14.7. The van der Waals surface area contributed by atoms with E-state index in [-0.39, 0.29) is 11.5 Å². The highest BCUT2D eigenvalue weighted by Crippen LogP contribution is 2.29. The molecule has 8 heteroatoms. The summed E-state index contributed by atoms with van der Waals surface area (Å²) < 4.78 is 23.3. The number of nitrogens with one attached hydrogen (secondary N) is 2. The van der Waals surface area contributed by atoms with Gasteiger partial charge in [0, 0.05) is 17.4 Å². The highest BCUT2D eigenvalue weighted by atomic mass is 19.1. The second-order valence-corrected chi connectivity index (χ2v) is 5.44. The molecule has 0 aliphatic rings. The lowest BCUT2D eigenvalue weighted by atomic mass is 10.2. The number of nitrogens with zero attached hydrogens (tertiary/aromatic N) is 2. The zero-order chi connectivity index (χ0) is 19.2. The first-order chi connectivity index (χ1) is 13.1. The molecule has 0 spiro atoms. The van der Waals surface area contributed by atoms with Gasteiger partial charge >= 0.3 is 0 Å². The van der Waals surface area contributed by atoms with E-state index >= 15 is 0 Å². The minimum absolute atomic E-state index is 0.148. The average molecular weight is 368 g/mol. The van der Waals surface area contributed by atoms with E-state index in [2.05, 4.69) is 20.6 Å². The molecular formula is C19H17FN4O3. The maximum Gasteiger partial charge on any atom is 0.275 e. The Morgan fingerprint density at radius 2 is 1.63 bits per heavy atom. The first kappa shape index (κ1) is 18.1. The highest BCUT2D eigenvalue weighted by molar-refractivity contribution is 6.02. The summed E-state index contributed by atoms with van der Waals surface area (Å²) in [5.41, 5.74) is 1.34. The molecule has 0 saturated heterocycles. The SMILES string of the molecule is COc1ccc(NC(=O)c2cnc(Nc3ccc(F)cc3)cn2)cc1OC. The average Bonchev–Trinajstić information content (AvgIpc) is 2.70. The molecule has 2 aromatic carbocycles. The third-order valence-electron chi connectivity index (χ3n) is 3.64. The molecule has 2 N–H and O–H groups in total. The van der Waals surface area contributed by atoms with Crippen LogP contribution in [0, 0.1) is 5.82 Å². The van der Waals surface area contributed by atoms with Gasteiger partial charge in [-0.15, -0.1) is 0 Å². The molecule has 0 unspecified atom stereocenters. The number of halogens is 1. The normalized spacial score (nSPS) is 10.2. The van der Waals surface area contributed by atoms with Crippen LogP contribution >= 0.6 is 0 Å². The van der Waals surface area contributed by atoms with Gasteiger partial charge in [-0.2, -0.15) is 0 Å². The van der Waals surface area contributed by atoms with Gasteiger partial charge in [0.05, 0.1) is 26.6 Å². The van der Waals surface area contributed by atoms with Gasteiger partial charge < -0.3 is 20.1 Å². The third kappa shape index (κ3) is 4.49. The predicted molar refractivity (Wildman–Crippen MR) is 99.2 cm³/mol. The van der Waals surface area contributed by atoms with E-state index in [0.29, 0.717) is 28.7 Å². The fourth-order valence-electron chi connectivity index (χ4n) is 2.30. The van der Waals surface area contributed by atoms with Gasteiger partial charge in [0.1, 0.15) is 17.3 Å². The van der Waals surface area contributed by atoms with Gasteiger partial charge in [0.25, 0.3) is 5.91 Å². The van der Waals surface area contributed by atoms with Crippen LogP contribution < -0.4 is 20.1 Å². The van der Waals surface area contributed by atoms with E-state index in [4.69, 9.17) is 9.47 Å². The molecule has 138 valence electrons. The van der Waals surface area contributed by atoms with Crippen LogP contribution in [0.5, 0.6) is 11.5 Å². The second-order valence-electron chi connectivity index (χ2n) is 5.44. The minimum Gasteiger partial charge on any atom is -0.493 e. The number of aromatic nitrogens is 2. The molecule has 1 aromatic heterocycles. The topological polar surface area (TPSA) is 85.4 Å². The number of hydrogen-bond acceptors (Lipinski definition) is 6. The van der Waals surface area contributed by atoms with Gasteiger partial charge in [-0.25, -0.2) is 14.4 Å². The number of amides is 1. The number of benzene rings is 2. The molecule has 1 heterocycles. The molecule has 1 amide bonds. The van der Waals surface area contributed by atoms with Crippen molar-refractivity contribution < 1.29 is 18.7 Å². The molecule has 0 fully saturated rings. The lowest BCUT2D eigenvalue weighted by molar-refractivity contribution is 0.102. The molecule has 0 saturated carbocycles. The van der Waals surface area contributed by atoms with E-state index in [1.54, 1.807) is 30.3 Å². The second kappa shape index (κ2) is 8.13. The van der Waals surface area contributed by atoms with Crippen LogP contribution in [0.2, 0.25) is 0 Å². The Morgan fingerprint density at radius 3 is 2.26 bits per heavy atom. The standard InChI is InChI=1S/C19H17FN4O3/c1-26-16-8-7-14(9-17(16)27-2)24-19(25)15-10-22-18(11-21-15)23-13-5-3-12(20)4-6-13/h3-11H,1-2H3,(H,22,23)(H,24,25). The monoisotopic (exact) mass is 368 g/mol. The number of carbonyl (C=O) groups excluding carboxylic acids is 1. The Hall–Kier alpha value is -3.68. The molecule has 3 rings (SSSR count). The maximum atomic E-state index is 12.9. The van der Waals surface area contributed by atoms with Crippen molar-refractivity contribution in [2.24, 2.45) is 0 Å². The summed E-state index contributed by atoms with van der Waals surface area (Å²) >= 11 is 0. The van der Waals surface area contributed by atoms with Crippen molar-refractivity contribution in [1.29, 1.82) is 0 Å². The maximum absolute atomic E-state index is 12.9. The molecule has 0 bridgehead atoms. The van der Waals surface area contributed by atoms with E-state index in [9.17, 15) is 9.18 Å². The van der Waals surface area contributed by atoms with E-state index < -0.39 is 5.91 Å². The third-order valence-corrected chi connectivity index (χ3v) is 3.64. The Kier molecular flexibility index (Phi) is 5.46. The predicted octanol–water partition coefficient (Wildman–Crippen LogP) is 3.63. The number of carbonyl (C=O) groups is 1. The summed E-state index contributed by atoms with van der Waals surface area (Å²) in [5.74, 6) is 0.757. The molecule has 0 radical (unpaired) electrons. The summed E-state index contributed by atoms with van der Waals surface area (Å²) in [6.07, 6.45) is 2.77. The first-order valence-electron chi connectivity index (χ1n) is 7.97. The van der Waals surface area contributed by atoms with Crippen LogP contribution in [-0.2, 0) is 0 Å². The molecule has 0 atom stereocenters. The molecule has 0 aliphatic carbocycles. The number of hydrogen-bond donors (Lipinski definition) is 2. The van der Waals surface area contributed by atoms with Gasteiger partial charge in [-0.05, 0) is 36.4 Å².